The molecule has 1 rings (SSSR count). The van der Waals surface area contributed by atoms with E-state index in [1.54, 1.807) is 0 Å². The predicted molar refractivity (Wildman–Crippen MR) is 66.9 cm³/mol. The molecule has 0 amide bonds. The van der Waals surface area contributed by atoms with Crippen molar-refractivity contribution >= 4 is 0 Å². The zero-order valence-electron chi connectivity index (χ0n) is 10.8. The van der Waals surface area contributed by atoms with Crippen LogP contribution in [0.5, 0.6) is 0 Å². The van der Waals surface area contributed by atoms with Crippen molar-refractivity contribution in [2.24, 2.45) is 17.1 Å². The van der Waals surface area contributed by atoms with Gasteiger partial charge in [-0.25, -0.2) is 0 Å². The Balaban J connectivity index is 2.25. The lowest BCUT2D eigenvalue weighted by Gasteiger charge is -2.32. The molecular formula is C13H28N2. The Morgan fingerprint density at radius 2 is 1.80 bits per heavy atom. The summed E-state index contributed by atoms with van der Waals surface area (Å²) in [4.78, 5) is 2.48. The van der Waals surface area contributed by atoms with Gasteiger partial charge in [-0.15, -0.1) is 0 Å². The lowest BCUT2D eigenvalue weighted by Crippen LogP contribution is -2.39. The van der Waals surface area contributed by atoms with E-state index in [4.69, 9.17) is 5.73 Å². The van der Waals surface area contributed by atoms with Crippen molar-refractivity contribution in [3.8, 4) is 0 Å². The van der Waals surface area contributed by atoms with Gasteiger partial charge in [-0.1, -0.05) is 33.1 Å². The van der Waals surface area contributed by atoms with Crippen molar-refractivity contribution in [3.05, 3.63) is 0 Å². The molecule has 0 aromatic heterocycles. The Morgan fingerprint density at radius 3 is 2.33 bits per heavy atom. The van der Waals surface area contributed by atoms with Crippen LogP contribution in [0.3, 0.4) is 0 Å². The van der Waals surface area contributed by atoms with Gasteiger partial charge in [0.05, 0.1) is 0 Å². The Bertz CT molecular complexity index is 171. The Hall–Kier alpha value is -0.0800. The average molecular weight is 212 g/mol. The molecule has 1 saturated carbocycles. The fourth-order valence-corrected chi connectivity index (χ4v) is 2.67. The van der Waals surface area contributed by atoms with Crippen LogP contribution in [-0.4, -0.2) is 31.6 Å². The van der Waals surface area contributed by atoms with Crippen molar-refractivity contribution in [2.75, 3.05) is 26.7 Å². The van der Waals surface area contributed by atoms with E-state index in [9.17, 15) is 0 Å². The fraction of sp³-hybridized carbons (Fsp3) is 1.00. The number of rotatable bonds is 5. The molecule has 1 fully saturated rings. The van der Waals surface area contributed by atoms with Gasteiger partial charge in [-0.3, -0.25) is 0 Å². The highest BCUT2D eigenvalue weighted by molar-refractivity contribution is 4.75. The van der Waals surface area contributed by atoms with Crippen molar-refractivity contribution in [1.29, 1.82) is 0 Å². The van der Waals surface area contributed by atoms with Crippen LogP contribution in [0.1, 0.15) is 46.0 Å². The van der Waals surface area contributed by atoms with Crippen molar-refractivity contribution < 1.29 is 0 Å². The highest BCUT2D eigenvalue weighted by Gasteiger charge is 2.21. The first-order valence-corrected chi connectivity index (χ1v) is 6.42. The first kappa shape index (κ1) is 13.0. The van der Waals surface area contributed by atoms with Gasteiger partial charge in [0.15, 0.2) is 0 Å². The average Bonchev–Trinajstić information content (AvgIpc) is 2.18. The van der Waals surface area contributed by atoms with Crippen LogP contribution in [0, 0.1) is 11.3 Å². The molecule has 0 atom stereocenters. The Kier molecular flexibility index (Phi) is 5.07. The van der Waals surface area contributed by atoms with Crippen LogP contribution in [0.15, 0.2) is 0 Å². The van der Waals surface area contributed by atoms with Crippen molar-refractivity contribution in [2.45, 2.75) is 46.0 Å². The second-order valence-corrected chi connectivity index (χ2v) is 6.07. The van der Waals surface area contributed by atoms with E-state index in [2.05, 4.69) is 25.8 Å². The number of hydrogen-bond acceptors (Lipinski definition) is 2. The molecule has 0 aromatic carbocycles. The number of nitrogens with two attached hydrogens (primary N) is 1. The summed E-state index contributed by atoms with van der Waals surface area (Å²) in [5.74, 6) is 0.942. The second kappa shape index (κ2) is 5.86. The van der Waals surface area contributed by atoms with E-state index in [0.29, 0.717) is 0 Å². The van der Waals surface area contributed by atoms with Gasteiger partial charge in [0.2, 0.25) is 0 Å². The maximum absolute atomic E-state index is 5.76. The van der Waals surface area contributed by atoms with Gasteiger partial charge >= 0.3 is 0 Å². The SMILES string of the molecule is CN(CC1CCCCC1)CC(C)(C)CN. The third-order valence-electron chi connectivity index (χ3n) is 3.55. The molecule has 1 aliphatic carbocycles. The van der Waals surface area contributed by atoms with Crippen LogP contribution >= 0.6 is 0 Å². The highest BCUT2D eigenvalue weighted by atomic mass is 15.1. The van der Waals surface area contributed by atoms with Gasteiger partial charge in [0.25, 0.3) is 0 Å². The van der Waals surface area contributed by atoms with Crippen LogP contribution in [0.2, 0.25) is 0 Å². The minimum atomic E-state index is 0.267. The van der Waals surface area contributed by atoms with Gasteiger partial charge in [0.1, 0.15) is 0 Å². The largest absolute Gasteiger partial charge is 0.330 e. The van der Waals surface area contributed by atoms with Gasteiger partial charge in [-0.05, 0) is 37.8 Å². The molecule has 0 heterocycles. The summed E-state index contributed by atoms with van der Waals surface area (Å²) in [7, 11) is 2.24. The van der Waals surface area contributed by atoms with Crippen LogP contribution in [0.25, 0.3) is 0 Å². The third-order valence-corrected chi connectivity index (χ3v) is 3.55. The summed E-state index contributed by atoms with van der Waals surface area (Å²) < 4.78 is 0. The summed E-state index contributed by atoms with van der Waals surface area (Å²) in [6, 6.07) is 0. The fourth-order valence-electron chi connectivity index (χ4n) is 2.67. The van der Waals surface area contributed by atoms with Gasteiger partial charge in [0, 0.05) is 13.1 Å². The normalized spacial score (nSPS) is 19.8. The van der Waals surface area contributed by atoms with E-state index in [-0.39, 0.29) is 5.41 Å². The zero-order chi connectivity index (χ0) is 11.3. The summed E-state index contributed by atoms with van der Waals surface area (Å²) in [6.07, 6.45) is 7.22. The molecule has 2 heteroatoms. The van der Waals surface area contributed by atoms with E-state index in [1.807, 2.05) is 0 Å². The summed E-state index contributed by atoms with van der Waals surface area (Å²) in [5, 5.41) is 0. The van der Waals surface area contributed by atoms with Crippen molar-refractivity contribution in [1.82, 2.24) is 4.90 Å². The Labute approximate surface area is 95.2 Å². The molecule has 90 valence electrons. The molecule has 0 saturated heterocycles. The minimum absolute atomic E-state index is 0.267. The smallest absolute Gasteiger partial charge is 0.00418 e. The maximum Gasteiger partial charge on any atom is 0.00418 e. The second-order valence-electron chi connectivity index (χ2n) is 6.07. The molecular weight excluding hydrogens is 184 g/mol. The topological polar surface area (TPSA) is 29.3 Å². The highest BCUT2D eigenvalue weighted by Crippen LogP contribution is 2.25. The molecule has 15 heavy (non-hydrogen) atoms. The molecule has 2 nitrogen and oxygen atoms in total. The van der Waals surface area contributed by atoms with Gasteiger partial charge < -0.3 is 10.6 Å². The van der Waals surface area contributed by atoms with E-state index in [0.717, 1.165) is 19.0 Å². The molecule has 0 bridgehead atoms. The summed E-state index contributed by atoms with van der Waals surface area (Å²) in [6.45, 7) is 7.68. The van der Waals surface area contributed by atoms with Gasteiger partial charge in [-0.2, -0.15) is 0 Å². The number of nitrogens with zero attached hydrogens (tertiary/aromatic N) is 1. The third kappa shape index (κ3) is 4.98. The predicted octanol–water partition coefficient (Wildman–Crippen LogP) is 2.48. The lowest BCUT2D eigenvalue weighted by atomic mass is 9.88. The van der Waals surface area contributed by atoms with E-state index < -0.39 is 0 Å². The standard InChI is InChI=1S/C13H28N2/c1-13(2,10-14)11-15(3)9-12-7-5-4-6-8-12/h12H,4-11,14H2,1-3H3. The molecule has 0 unspecified atom stereocenters. The van der Waals surface area contributed by atoms with Crippen molar-refractivity contribution in [3.63, 3.8) is 0 Å². The first-order valence-electron chi connectivity index (χ1n) is 6.42. The molecule has 0 aromatic rings. The minimum Gasteiger partial charge on any atom is -0.330 e. The number of hydrogen-bond donors (Lipinski definition) is 1. The molecule has 0 spiro atoms. The monoisotopic (exact) mass is 212 g/mol. The van der Waals surface area contributed by atoms with Crippen LogP contribution in [0.4, 0.5) is 0 Å². The molecule has 2 N–H and O–H groups in total. The zero-order valence-corrected chi connectivity index (χ0v) is 10.8. The molecule has 1 aliphatic rings. The summed E-state index contributed by atoms with van der Waals surface area (Å²) >= 11 is 0. The van der Waals surface area contributed by atoms with Crippen LogP contribution < -0.4 is 5.73 Å². The maximum atomic E-state index is 5.76. The summed E-state index contributed by atoms with van der Waals surface area (Å²) in [5.41, 5.74) is 6.03. The molecule has 0 radical (unpaired) electrons. The quantitative estimate of drug-likeness (QED) is 0.758. The van der Waals surface area contributed by atoms with Crippen LogP contribution in [-0.2, 0) is 0 Å². The first-order chi connectivity index (χ1) is 7.03. The molecule has 0 aliphatic heterocycles. The Morgan fingerprint density at radius 1 is 1.20 bits per heavy atom. The van der Waals surface area contributed by atoms with E-state index in [1.165, 1.54) is 38.6 Å². The van der Waals surface area contributed by atoms with E-state index >= 15 is 0 Å². The lowest BCUT2D eigenvalue weighted by molar-refractivity contribution is 0.173.